The Kier molecular flexibility index (Phi) is 8.10. The van der Waals surface area contributed by atoms with Crippen LogP contribution in [0.5, 0.6) is 0 Å². The molecule has 0 amide bonds. The minimum absolute atomic E-state index is 0.684. The third kappa shape index (κ3) is 6.02. The predicted molar refractivity (Wildman–Crippen MR) is 252 cm³/mol. The van der Waals surface area contributed by atoms with Gasteiger partial charge in [-0.2, -0.15) is 0 Å². The molecule has 3 aromatic heterocycles. The van der Waals surface area contributed by atoms with Gasteiger partial charge in [-0.1, -0.05) is 170 Å². The highest BCUT2D eigenvalue weighted by Crippen LogP contribution is 2.40. The molecule has 61 heavy (non-hydrogen) atoms. The summed E-state index contributed by atoms with van der Waals surface area (Å²) in [6.45, 7) is 0. The van der Waals surface area contributed by atoms with Crippen LogP contribution in [0.2, 0.25) is 0 Å². The van der Waals surface area contributed by atoms with Gasteiger partial charge in [-0.3, -0.25) is 4.57 Å². The third-order valence-corrected chi connectivity index (χ3v) is 11.8. The van der Waals surface area contributed by atoms with E-state index in [2.05, 4.69) is 205 Å². The summed E-state index contributed by atoms with van der Waals surface area (Å²) in [7, 11) is 0. The van der Waals surface area contributed by atoms with Gasteiger partial charge >= 0.3 is 0 Å². The summed E-state index contributed by atoms with van der Waals surface area (Å²) in [6.07, 6.45) is 0. The lowest BCUT2D eigenvalue weighted by Gasteiger charge is -2.13. The smallest absolute Gasteiger partial charge is 0.160 e. The van der Waals surface area contributed by atoms with Crippen LogP contribution >= 0.6 is 0 Å². The summed E-state index contributed by atoms with van der Waals surface area (Å²) in [5.74, 6) is 1.57. The van der Waals surface area contributed by atoms with E-state index in [0.717, 1.165) is 94.5 Å². The number of rotatable bonds is 6. The number of fused-ring (bicyclic) bond motifs is 7. The zero-order chi connectivity index (χ0) is 40.3. The minimum atomic E-state index is 0.684. The average molecular weight is 778 g/mol. The van der Waals surface area contributed by atoms with E-state index in [1.54, 1.807) is 0 Å². The molecule has 9 aromatic carbocycles. The van der Waals surface area contributed by atoms with Crippen molar-refractivity contribution < 1.29 is 0 Å². The molecule has 0 saturated heterocycles. The van der Waals surface area contributed by atoms with Gasteiger partial charge in [0, 0.05) is 44.3 Å². The lowest BCUT2D eigenvalue weighted by atomic mass is 9.97. The maximum Gasteiger partial charge on any atom is 0.160 e. The van der Waals surface area contributed by atoms with E-state index in [9.17, 15) is 0 Å². The molecular formula is C56H35N5. The van der Waals surface area contributed by atoms with E-state index in [-0.39, 0.29) is 0 Å². The number of benzene rings is 9. The first kappa shape index (κ1) is 34.7. The van der Waals surface area contributed by atoms with Gasteiger partial charge in [0.2, 0.25) is 0 Å². The summed E-state index contributed by atoms with van der Waals surface area (Å²) in [5.41, 5.74) is 11.6. The van der Waals surface area contributed by atoms with Crippen molar-refractivity contribution in [2.45, 2.75) is 0 Å². The number of nitrogens with zero attached hydrogens (tertiary/aromatic N) is 5. The molecule has 0 spiro atoms. The average Bonchev–Trinajstić information content (AvgIpc) is 3.74. The van der Waals surface area contributed by atoms with Crippen LogP contribution in [0.1, 0.15) is 0 Å². The first-order valence-corrected chi connectivity index (χ1v) is 20.5. The second-order valence-corrected chi connectivity index (χ2v) is 15.5. The molecule has 0 bridgehead atoms. The summed E-state index contributed by atoms with van der Waals surface area (Å²) >= 11 is 0. The van der Waals surface area contributed by atoms with Gasteiger partial charge in [0.05, 0.1) is 33.6 Å². The molecule has 12 rings (SSSR count). The van der Waals surface area contributed by atoms with Crippen LogP contribution in [0.3, 0.4) is 0 Å². The molecule has 0 N–H and O–H groups in total. The lowest BCUT2D eigenvalue weighted by molar-refractivity contribution is 1.10. The fourth-order valence-electron chi connectivity index (χ4n) is 8.76. The summed E-state index contributed by atoms with van der Waals surface area (Å²) < 4.78 is 2.27. The number of hydrogen-bond donors (Lipinski definition) is 0. The third-order valence-electron chi connectivity index (χ3n) is 11.8. The van der Waals surface area contributed by atoms with Crippen LogP contribution in [-0.2, 0) is 0 Å². The van der Waals surface area contributed by atoms with E-state index in [1.807, 2.05) is 12.1 Å². The van der Waals surface area contributed by atoms with Crippen molar-refractivity contribution in [3.05, 3.63) is 212 Å². The monoisotopic (exact) mass is 777 g/mol. The van der Waals surface area contributed by atoms with Crippen molar-refractivity contribution in [3.63, 3.8) is 0 Å². The molecule has 0 atom stereocenters. The van der Waals surface area contributed by atoms with E-state index >= 15 is 0 Å². The second kappa shape index (κ2) is 14.2. The van der Waals surface area contributed by atoms with E-state index < -0.39 is 0 Å². The highest BCUT2D eigenvalue weighted by Gasteiger charge is 2.21. The quantitative estimate of drug-likeness (QED) is 0.158. The number of aromatic nitrogens is 5. The van der Waals surface area contributed by atoms with Crippen molar-refractivity contribution in [2.24, 2.45) is 0 Å². The van der Waals surface area contributed by atoms with Crippen LogP contribution in [0.4, 0.5) is 0 Å². The number of imidazole rings is 1. The number of para-hydroxylation sites is 2. The maximum absolute atomic E-state index is 5.47. The molecule has 0 aliphatic rings. The molecule has 3 heterocycles. The molecule has 0 aliphatic carbocycles. The Balaban J connectivity index is 1.04. The van der Waals surface area contributed by atoms with Gasteiger partial charge < -0.3 is 0 Å². The zero-order valence-corrected chi connectivity index (χ0v) is 32.9. The van der Waals surface area contributed by atoms with Crippen LogP contribution in [0, 0.1) is 0 Å². The van der Waals surface area contributed by atoms with E-state index in [1.165, 1.54) is 16.2 Å². The summed E-state index contributed by atoms with van der Waals surface area (Å²) in [5, 5.41) is 7.94. The van der Waals surface area contributed by atoms with Crippen molar-refractivity contribution in [1.29, 1.82) is 0 Å². The van der Waals surface area contributed by atoms with Crippen LogP contribution < -0.4 is 0 Å². The standard InChI is InChI=1S/C56H35N5/c1-3-15-40(16-4-1)56-60-54-51(61(56)45-19-5-2-6-20-45)32-31-47-46-21-11-12-22-48(46)57-53(52(47)54)39-27-25-38(26-28-39)49-35-50(43-29-23-36-13-7-9-17-41(36)33-43)59-55(58-49)44-30-24-37-14-8-10-18-42(37)34-44/h1-35H. The molecule has 0 saturated carbocycles. The Hall–Kier alpha value is -8.28. The van der Waals surface area contributed by atoms with Gasteiger partial charge in [0.1, 0.15) is 5.82 Å². The largest absolute Gasteiger partial charge is 0.292 e. The molecule has 5 heteroatoms. The SMILES string of the molecule is c1ccc(-c2nc3c4c(-c5ccc(-c6cc(-c7ccc8ccccc8c7)nc(-c7ccc8ccccc8c7)n6)cc5)nc5ccccc5c4ccc3n2-c2ccccc2)cc1. The molecule has 284 valence electrons. The molecule has 0 radical (unpaired) electrons. The van der Waals surface area contributed by atoms with Gasteiger partial charge in [-0.05, 0) is 69.4 Å². The molecule has 0 aliphatic heterocycles. The van der Waals surface area contributed by atoms with Crippen molar-refractivity contribution >= 4 is 54.3 Å². The lowest BCUT2D eigenvalue weighted by Crippen LogP contribution is -1.97. The summed E-state index contributed by atoms with van der Waals surface area (Å²) in [6, 6.07) is 74.4. The van der Waals surface area contributed by atoms with Crippen molar-refractivity contribution in [1.82, 2.24) is 24.5 Å². The van der Waals surface area contributed by atoms with E-state index in [0.29, 0.717) is 5.82 Å². The second-order valence-electron chi connectivity index (χ2n) is 15.5. The van der Waals surface area contributed by atoms with Crippen molar-refractivity contribution in [2.75, 3.05) is 0 Å². The van der Waals surface area contributed by atoms with Crippen LogP contribution in [0.15, 0.2) is 212 Å². The Labute approximate surface area is 351 Å². The Morgan fingerprint density at radius 1 is 0.344 bits per heavy atom. The minimum Gasteiger partial charge on any atom is -0.292 e. The predicted octanol–water partition coefficient (Wildman–Crippen LogP) is 14.2. The number of pyridine rings is 1. The van der Waals surface area contributed by atoms with Gasteiger partial charge in [-0.15, -0.1) is 0 Å². The highest BCUT2D eigenvalue weighted by molar-refractivity contribution is 6.20. The van der Waals surface area contributed by atoms with Crippen molar-refractivity contribution in [3.8, 4) is 62.2 Å². The first-order valence-electron chi connectivity index (χ1n) is 20.5. The Bertz CT molecular complexity index is 3530. The van der Waals surface area contributed by atoms with Gasteiger partial charge in [-0.25, -0.2) is 19.9 Å². The molecule has 0 fully saturated rings. The van der Waals surface area contributed by atoms with Gasteiger partial charge in [0.25, 0.3) is 0 Å². The maximum atomic E-state index is 5.47. The molecule has 5 nitrogen and oxygen atoms in total. The topological polar surface area (TPSA) is 56.5 Å². The van der Waals surface area contributed by atoms with Crippen LogP contribution in [-0.4, -0.2) is 24.5 Å². The van der Waals surface area contributed by atoms with Gasteiger partial charge in [0.15, 0.2) is 5.82 Å². The fourth-order valence-corrected chi connectivity index (χ4v) is 8.76. The molecule has 12 aromatic rings. The number of hydrogen-bond acceptors (Lipinski definition) is 4. The molecular weight excluding hydrogens is 743 g/mol. The summed E-state index contributed by atoms with van der Waals surface area (Å²) in [4.78, 5) is 21.3. The Morgan fingerprint density at radius 2 is 0.918 bits per heavy atom. The fraction of sp³-hybridized carbons (Fsp3) is 0. The van der Waals surface area contributed by atoms with Crippen LogP contribution in [0.25, 0.3) is 116 Å². The Morgan fingerprint density at radius 3 is 1.66 bits per heavy atom. The zero-order valence-electron chi connectivity index (χ0n) is 32.9. The normalized spacial score (nSPS) is 11.6. The molecule has 0 unspecified atom stereocenters. The van der Waals surface area contributed by atoms with E-state index in [4.69, 9.17) is 19.9 Å². The highest BCUT2D eigenvalue weighted by atomic mass is 15.1. The first-order chi connectivity index (χ1) is 30.2.